The number of aromatic nitrogens is 1. The van der Waals surface area contributed by atoms with Crippen LogP contribution in [0.2, 0.25) is 0 Å². The average molecular weight is 241 g/mol. The van der Waals surface area contributed by atoms with E-state index in [2.05, 4.69) is 31.8 Å². The van der Waals surface area contributed by atoms with Gasteiger partial charge in [-0.25, -0.2) is 0 Å². The lowest BCUT2D eigenvalue weighted by Gasteiger charge is -2.25. The van der Waals surface area contributed by atoms with Gasteiger partial charge in [0.2, 0.25) is 0 Å². The highest BCUT2D eigenvalue weighted by atomic mass is 16.3. The summed E-state index contributed by atoms with van der Waals surface area (Å²) in [5, 5.41) is 10.5. The normalized spacial score (nSPS) is 13.3. The zero-order valence-corrected chi connectivity index (χ0v) is 11.1. The Morgan fingerprint density at radius 3 is 2.39 bits per heavy atom. The molecule has 0 saturated carbocycles. The molecular weight excluding hydrogens is 222 g/mol. The van der Waals surface area contributed by atoms with E-state index in [-0.39, 0.29) is 5.41 Å². The minimum Gasteiger partial charge on any atom is -0.384 e. The van der Waals surface area contributed by atoms with Crippen LogP contribution in [-0.2, 0) is 5.41 Å². The van der Waals surface area contributed by atoms with Crippen LogP contribution in [0.4, 0.5) is 0 Å². The van der Waals surface area contributed by atoms with Crippen molar-refractivity contribution in [3.05, 3.63) is 65.5 Å². The Hall–Kier alpha value is -1.67. The molecule has 2 rings (SSSR count). The van der Waals surface area contributed by atoms with E-state index in [9.17, 15) is 5.11 Å². The molecule has 0 saturated heterocycles. The maximum Gasteiger partial charge on any atom is 0.106 e. The maximum atomic E-state index is 10.5. The number of pyridine rings is 1. The van der Waals surface area contributed by atoms with Gasteiger partial charge in [0.15, 0.2) is 0 Å². The quantitative estimate of drug-likeness (QED) is 0.873. The lowest BCUT2D eigenvalue weighted by atomic mass is 9.81. The van der Waals surface area contributed by atoms with E-state index in [0.29, 0.717) is 0 Å². The fraction of sp³-hybridized carbons (Fsp3) is 0.312. The molecule has 0 amide bonds. The van der Waals surface area contributed by atoms with Crippen molar-refractivity contribution >= 4 is 0 Å². The third kappa shape index (κ3) is 2.59. The number of nitrogens with zero attached hydrogens (tertiary/aromatic N) is 1. The molecule has 94 valence electrons. The first kappa shape index (κ1) is 12.8. The Balaban J connectivity index is 2.46. The van der Waals surface area contributed by atoms with Crippen molar-refractivity contribution in [2.24, 2.45) is 0 Å². The van der Waals surface area contributed by atoms with Gasteiger partial charge in [-0.2, -0.15) is 0 Å². The first-order valence-electron chi connectivity index (χ1n) is 6.17. The molecule has 18 heavy (non-hydrogen) atoms. The summed E-state index contributed by atoms with van der Waals surface area (Å²) in [6.07, 6.45) is 2.81. The standard InChI is InChI=1S/C16H19NO/c1-16(2,3)14-9-5-4-8-13(14)15(18)12-7-6-10-17-11-12/h4-11,15,18H,1-3H3. The fourth-order valence-corrected chi connectivity index (χ4v) is 2.14. The lowest BCUT2D eigenvalue weighted by molar-refractivity contribution is 0.217. The molecule has 1 aromatic heterocycles. The monoisotopic (exact) mass is 241 g/mol. The molecule has 0 spiro atoms. The summed E-state index contributed by atoms with van der Waals surface area (Å²) in [5.74, 6) is 0. The number of hydrogen-bond acceptors (Lipinski definition) is 2. The molecule has 0 radical (unpaired) electrons. The van der Waals surface area contributed by atoms with Crippen LogP contribution in [0, 0.1) is 0 Å². The summed E-state index contributed by atoms with van der Waals surface area (Å²) >= 11 is 0. The summed E-state index contributed by atoms with van der Waals surface area (Å²) in [5.41, 5.74) is 2.97. The summed E-state index contributed by atoms with van der Waals surface area (Å²) in [7, 11) is 0. The second-order valence-electron chi connectivity index (χ2n) is 5.53. The molecule has 0 fully saturated rings. The molecule has 2 heteroatoms. The molecule has 0 aliphatic heterocycles. The summed E-state index contributed by atoms with van der Waals surface area (Å²) in [6.45, 7) is 6.46. The molecule has 1 atom stereocenters. The third-order valence-corrected chi connectivity index (χ3v) is 3.06. The molecular formula is C16H19NO. The van der Waals surface area contributed by atoms with Crippen molar-refractivity contribution in [1.82, 2.24) is 4.98 Å². The van der Waals surface area contributed by atoms with Crippen molar-refractivity contribution in [3.8, 4) is 0 Å². The van der Waals surface area contributed by atoms with E-state index in [1.807, 2.05) is 30.3 Å². The van der Waals surface area contributed by atoms with Gasteiger partial charge in [-0.05, 0) is 22.6 Å². The van der Waals surface area contributed by atoms with E-state index in [0.717, 1.165) is 11.1 Å². The van der Waals surface area contributed by atoms with Gasteiger partial charge < -0.3 is 5.11 Å². The van der Waals surface area contributed by atoms with Crippen LogP contribution in [0.25, 0.3) is 0 Å². The Labute approximate surface area is 108 Å². The van der Waals surface area contributed by atoms with Crippen LogP contribution in [0.3, 0.4) is 0 Å². The number of aliphatic hydroxyl groups excluding tert-OH is 1. The molecule has 0 aliphatic rings. The third-order valence-electron chi connectivity index (χ3n) is 3.06. The lowest BCUT2D eigenvalue weighted by Crippen LogP contribution is -2.16. The predicted octanol–water partition coefficient (Wildman–Crippen LogP) is 3.46. The molecule has 1 N–H and O–H groups in total. The van der Waals surface area contributed by atoms with Crippen molar-refractivity contribution < 1.29 is 5.11 Å². The SMILES string of the molecule is CC(C)(C)c1ccccc1C(O)c1cccnc1. The minimum absolute atomic E-state index is 0.0137. The first-order valence-corrected chi connectivity index (χ1v) is 6.17. The van der Waals surface area contributed by atoms with Crippen LogP contribution in [0.1, 0.15) is 43.6 Å². The molecule has 1 heterocycles. The van der Waals surface area contributed by atoms with Crippen LogP contribution in [-0.4, -0.2) is 10.1 Å². The average Bonchev–Trinajstić information content (AvgIpc) is 2.38. The summed E-state index contributed by atoms with van der Waals surface area (Å²) < 4.78 is 0. The van der Waals surface area contributed by atoms with Crippen LogP contribution < -0.4 is 0 Å². The van der Waals surface area contributed by atoms with Gasteiger partial charge in [-0.1, -0.05) is 51.1 Å². The highest BCUT2D eigenvalue weighted by Gasteiger charge is 2.22. The molecule has 0 aliphatic carbocycles. The Bertz CT molecular complexity index is 514. The van der Waals surface area contributed by atoms with Gasteiger partial charge in [0.1, 0.15) is 6.10 Å². The van der Waals surface area contributed by atoms with E-state index in [1.54, 1.807) is 12.4 Å². The van der Waals surface area contributed by atoms with Gasteiger partial charge in [-0.3, -0.25) is 4.98 Å². The molecule has 2 aromatic rings. The zero-order chi connectivity index (χ0) is 13.2. The Morgan fingerprint density at radius 2 is 1.78 bits per heavy atom. The van der Waals surface area contributed by atoms with E-state index in [4.69, 9.17) is 0 Å². The van der Waals surface area contributed by atoms with Gasteiger partial charge in [0.25, 0.3) is 0 Å². The number of hydrogen-bond donors (Lipinski definition) is 1. The second kappa shape index (κ2) is 4.91. The highest BCUT2D eigenvalue weighted by Crippen LogP contribution is 2.32. The smallest absolute Gasteiger partial charge is 0.106 e. The van der Waals surface area contributed by atoms with Crippen LogP contribution in [0.15, 0.2) is 48.8 Å². The molecule has 0 bridgehead atoms. The van der Waals surface area contributed by atoms with Gasteiger partial charge in [0, 0.05) is 18.0 Å². The molecule has 1 unspecified atom stereocenters. The highest BCUT2D eigenvalue weighted by molar-refractivity contribution is 5.38. The Kier molecular flexibility index (Phi) is 3.48. The number of aliphatic hydroxyl groups is 1. The molecule has 2 nitrogen and oxygen atoms in total. The van der Waals surface area contributed by atoms with Gasteiger partial charge in [-0.15, -0.1) is 0 Å². The van der Waals surface area contributed by atoms with E-state index < -0.39 is 6.10 Å². The van der Waals surface area contributed by atoms with Crippen molar-refractivity contribution in [3.63, 3.8) is 0 Å². The van der Waals surface area contributed by atoms with Crippen molar-refractivity contribution in [1.29, 1.82) is 0 Å². The van der Waals surface area contributed by atoms with Crippen LogP contribution >= 0.6 is 0 Å². The van der Waals surface area contributed by atoms with E-state index >= 15 is 0 Å². The number of benzene rings is 1. The first-order chi connectivity index (χ1) is 8.50. The van der Waals surface area contributed by atoms with Gasteiger partial charge >= 0.3 is 0 Å². The summed E-state index contributed by atoms with van der Waals surface area (Å²) in [6, 6.07) is 11.8. The van der Waals surface area contributed by atoms with Crippen molar-refractivity contribution in [2.75, 3.05) is 0 Å². The zero-order valence-electron chi connectivity index (χ0n) is 11.1. The van der Waals surface area contributed by atoms with E-state index in [1.165, 1.54) is 5.56 Å². The summed E-state index contributed by atoms with van der Waals surface area (Å²) in [4.78, 5) is 4.06. The van der Waals surface area contributed by atoms with Crippen LogP contribution in [0.5, 0.6) is 0 Å². The fourth-order valence-electron chi connectivity index (χ4n) is 2.14. The minimum atomic E-state index is -0.617. The maximum absolute atomic E-state index is 10.5. The van der Waals surface area contributed by atoms with Crippen molar-refractivity contribution in [2.45, 2.75) is 32.3 Å². The number of rotatable bonds is 2. The largest absolute Gasteiger partial charge is 0.384 e. The topological polar surface area (TPSA) is 33.1 Å². The molecule has 1 aromatic carbocycles. The Morgan fingerprint density at radius 1 is 1.06 bits per heavy atom. The van der Waals surface area contributed by atoms with Gasteiger partial charge in [0.05, 0.1) is 0 Å². The second-order valence-corrected chi connectivity index (χ2v) is 5.53. The predicted molar refractivity (Wildman–Crippen MR) is 73.4 cm³/mol.